The summed E-state index contributed by atoms with van der Waals surface area (Å²) in [5.74, 6) is -0.514. The summed E-state index contributed by atoms with van der Waals surface area (Å²) in [7, 11) is 0. The maximum atomic E-state index is 13.0. The lowest BCUT2D eigenvalue weighted by Gasteiger charge is -2.34. The molecule has 0 spiro atoms. The fourth-order valence-electron chi connectivity index (χ4n) is 3.63. The molecular weight excluding hydrogens is 392 g/mol. The Bertz CT molecular complexity index is 1040. The van der Waals surface area contributed by atoms with Gasteiger partial charge in [0.25, 0.3) is 11.8 Å². The van der Waals surface area contributed by atoms with Crippen LogP contribution in [0.2, 0.25) is 5.02 Å². The second kappa shape index (κ2) is 8.24. The van der Waals surface area contributed by atoms with Crippen molar-refractivity contribution in [1.29, 1.82) is 0 Å². The minimum atomic E-state index is -0.526. The number of halogens is 1. The zero-order valence-electron chi connectivity index (χ0n) is 15.7. The molecule has 0 atom stereocenters. The van der Waals surface area contributed by atoms with Crippen LogP contribution in [-0.2, 0) is 6.54 Å². The third-order valence-corrected chi connectivity index (χ3v) is 5.49. The van der Waals surface area contributed by atoms with Crippen molar-refractivity contribution < 1.29 is 14.8 Å². The Morgan fingerprint density at radius 2 is 1.79 bits per heavy atom. The topological polar surface area (TPSA) is 88.7 Å². The van der Waals surface area contributed by atoms with Gasteiger partial charge in [-0.1, -0.05) is 23.7 Å². The normalized spacial score (nSPS) is 14.9. The maximum Gasteiger partial charge on any atom is 0.274 e. The predicted octanol–water partition coefficient (Wildman–Crippen LogP) is 2.90. The van der Waals surface area contributed by atoms with E-state index in [9.17, 15) is 9.59 Å². The Morgan fingerprint density at radius 3 is 2.48 bits per heavy atom. The van der Waals surface area contributed by atoms with Crippen molar-refractivity contribution in [3.63, 3.8) is 0 Å². The van der Waals surface area contributed by atoms with E-state index in [1.807, 2.05) is 29.2 Å². The van der Waals surface area contributed by atoms with Crippen molar-refractivity contribution in [2.75, 3.05) is 26.2 Å². The number of fused-ring (bicyclic) bond motifs is 1. The van der Waals surface area contributed by atoms with Crippen LogP contribution in [0.3, 0.4) is 0 Å². The van der Waals surface area contributed by atoms with Gasteiger partial charge in [0.2, 0.25) is 0 Å². The highest BCUT2D eigenvalue weighted by Gasteiger charge is 2.24. The number of hydroxylamine groups is 1. The number of aromatic nitrogens is 1. The highest BCUT2D eigenvalue weighted by atomic mass is 35.5. The molecule has 1 aliphatic heterocycles. The standard InChI is InChI=1S/C21H21ClN4O3/c22-16-5-6-19-17(11-16)18(12-23-19)21(28)26-9-7-25(8-10-26)13-14-1-3-15(4-2-14)20(27)24-29/h1-6,11-12,23,29H,7-10,13H2,(H,24,27). The minimum absolute atomic E-state index is 0.0116. The third kappa shape index (κ3) is 4.12. The Balaban J connectivity index is 1.37. The first-order valence-corrected chi connectivity index (χ1v) is 9.74. The van der Waals surface area contributed by atoms with Gasteiger partial charge in [0.1, 0.15) is 0 Å². The van der Waals surface area contributed by atoms with Crippen LogP contribution in [0.5, 0.6) is 0 Å². The van der Waals surface area contributed by atoms with Crippen LogP contribution in [-0.4, -0.2) is 58.0 Å². The number of piperazine rings is 1. The first-order valence-electron chi connectivity index (χ1n) is 9.37. The smallest absolute Gasteiger partial charge is 0.274 e. The first-order chi connectivity index (χ1) is 14.0. The summed E-state index contributed by atoms with van der Waals surface area (Å²) in [6.45, 7) is 3.58. The molecule has 1 aromatic heterocycles. The van der Waals surface area contributed by atoms with Crippen molar-refractivity contribution >= 4 is 34.3 Å². The number of nitrogens with zero attached hydrogens (tertiary/aromatic N) is 2. The van der Waals surface area contributed by atoms with Crippen LogP contribution < -0.4 is 5.48 Å². The Kier molecular flexibility index (Phi) is 5.53. The first kappa shape index (κ1) is 19.4. The molecule has 1 fully saturated rings. The van der Waals surface area contributed by atoms with E-state index in [2.05, 4.69) is 9.88 Å². The zero-order valence-corrected chi connectivity index (χ0v) is 16.4. The van der Waals surface area contributed by atoms with Crippen LogP contribution in [0.1, 0.15) is 26.3 Å². The van der Waals surface area contributed by atoms with Crippen LogP contribution in [0.25, 0.3) is 10.9 Å². The average Bonchev–Trinajstić information content (AvgIpc) is 3.16. The Morgan fingerprint density at radius 1 is 1.07 bits per heavy atom. The van der Waals surface area contributed by atoms with Crippen molar-refractivity contribution in [2.45, 2.75) is 6.54 Å². The van der Waals surface area contributed by atoms with E-state index in [4.69, 9.17) is 16.8 Å². The van der Waals surface area contributed by atoms with Gasteiger partial charge < -0.3 is 9.88 Å². The van der Waals surface area contributed by atoms with Gasteiger partial charge in [0.05, 0.1) is 5.56 Å². The second-order valence-electron chi connectivity index (χ2n) is 7.10. The van der Waals surface area contributed by atoms with Gasteiger partial charge in [0, 0.05) is 60.4 Å². The van der Waals surface area contributed by atoms with E-state index in [0.717, 1.165) is 36.1 Å². The molecule has 1 saturated heterocycles. The van der Waals surface area contributed by atoms with Gasteiger partial charge in [-0.2, -0.15) is 0 Å². The number of H-pyrrole nitrogens is 1. The quantitative estimate of drug-likeness (QED) is 0.454. The number of rotatable bonds is 4. The van der Waals surface area contributed by atoms with Gasteiger partial charge in [0.15, 0.2) is 0 Å². The fourth-order valence-corrected chi connectivity index (χ4v) is 3.81. The van der Waals surface area contributed by atoms with Gasteiger partial charge in [-0.3, -0.25) is 19.7 Å². The molecule has 2 heterocycles. The van der Waals surface area contributed by atoms with E-state index >= 15 is 0 Å². The largest absolute Gasteiger partial charge is 0.360 e. The highest BCUT2D eigenvalue weighted by molar-refractivity contribution is 6.31. The molecule has 2 aromatic carbocycles. The summed E-state index contributed by atoms with van der Waals surface area (Å²) in [6.07, 6.45) is 1.75. The lowest BCUT2D eigenvalue weighted by atomic mass is 10.1. The van der Waals surface area contributed by atoms with Crippen molar-refractivity contribution in [1.82, 2.24) is 20.3 Å². The number of hydrogen-bond donors (Lipinski definition) is 3. The molecule has 29 heavy (non-hydrogen) atoms. The van der Waals surface area contributed by atoms with Gasteiger partial charge >= 0.3 is 0 Å². The van der Waals surface area contributed by atoms with Crippen LogP contribution >= 0.6 is 11.6 Å². The molecule has 4 rings (SSSR count). The van der Waals surface area contributed by atoms with Gasteiger partial charge in [-0.25, -0.2) is 5.48 Å². The SMILES string of the molecule is O=C(NO)c1ccc(CN2CCN(C(=O)c3c[nH]c4ccc(Cl)cc34)CC2)cc1. The molecule has 150 valence electrons. The third-order valence-electron chi connectivity index (χ3n) is 5.26. The molecule has 0 unspecified atom stereocenters. The molecule has 0 bridgehead atoms. The molecular formula is C21H21ClN4O3. The monoisotopic (exact) mass is 412 g/mol. The molecule has 1 aliphatic rings. The summed E-state index contributed by atoms with van der Waals surface area (Å²) in [5.41, 5.74) is 4.65. The maximum absolute atomic E-state index is 13.0. The van der Waals surface area contributed by atoms with Crippen LogP contribution in [0.15, 0.2) is 48.7 Å². The predicted molar refractivity (Wildman–Crippen MR) is 110 cm³/mol. The summed E-state index contributed by atoms with van der Waals surface area (Å²) >= 11 is 6.09. The summed E-state index contributed by atoms with van der Waals surface area (Å²) < 4.78 is 0. The number of amides is 2. The second-order valence-corrected chi connectivity index (χ2v) is 7.53. The van der Waals surface area contributed by atoms with Crippen LogP contribution in [0.4, 0.5) is 0 Å². The molecule has 7 nitrogen and oxygen atoms in total. The zero-order chi connectivity index (χ0) is 20.4. The molecule has 3 aromatic rings. The number of aromatic amines is 1. The highest BCUT2D eigenvalue weighted by Crippen LogP contribution is 2.24. The van der Waals surface area contributed by atoms with Crippen molar-refractivity contribution in [3.05, 3.63) is 70.4 Å². The lowest BCUT2D eigenvalue weighted by Crippen LogP contribution is -2.48. The van der Waals surface area contributed by atoms with E-state index in [-0.39, 0.29) is 5.91 Å². The molecule has 0 aliphatic carbocycles. The number of carbonyl (C=O) groups is 2. The summed E-state index contributed by atoms with van der Waals surface area (Å²) in [6, 6.07) is 12.6. The number of nitrogens with one attached hydrogen (secondary N) is 2. The molecule has 3 N–H and O–H groups in total. The molecule has 0 radical (unpaired) electrons. The van der Waals surface area contributed by atoms with Crippen molar-refractivity contribution in [2.24, 2.45) is 0 Å². The fraction of sp³-hybridized carbons (Fsp3) is 0.238. The van der Waals surface area contributed by atoms with Crippen molar-refractivity contribution in [3.8, 4) is 0 Å². The Labute approximate surface area is 172 Å². The lowest BCUT2D eigenvalue weighted by molar-refractivity contribution is 0.0630. The Hall–Kier alpha value is -2.87. The minimum Gasteiger partial charge on any atom is -0.360 e. The van der Waals surface area contributed by atoms with Gasteiger partial charge in [-0.15, -0.1) is 0 Å². The van der Waals surface area contributed by atoms with E-state index < -0.39 is 5.91 Å². The molecule has 0 saturated carbocycles. The number of hydrogen-bond acceptors (Lipinski definition) is 4. The van der Waals surface area contributed by atoms with E-state index in [1.54, 1.807) is 29.9 Å². The van der Waals surface area contributed by atoms with E-state index in [1.165, 1.54) is 0 Å². The van der Waals surface area contributed by atoms with Gasteiger partial charge in [-0.05, 0) is 35.9 Å². The molecule has 8 heteroatoms. The summed E-state index contributed by atoms with van der Waals surface area (Å²) in [4.78, 5) is 31.6. The summed E-state index contributed by atoms with van der Waals surface area (Å²) in [5, 5.41) is 10.1. The van der Waals surface area contributed by atoms with Crippen LogP contribution in [0, 0.1) is 0 Å². The van der Waals surface area contributed by atoms with E-state index in [0.29, 0.717) is 29.2 Å². The number of benzene rings is 2. The molecule has 2 amide bonds. The number of carbonyl (C=O) groups excluding carboxylic acids is 2. The average molecular weight is 413 g/mol.